The summed E-state index contributed by atoms with van der Waals surface area (Å²) in [7, 11) is 0. The molecule has 3 heterocycles. The molecule has 0 spiro atoms. The monoisotopic (exact) mass is 374 g/mol. The van der Waals surface area contributed by atoms with Crippen molar-refractivity contribution in [1.29, 1.82) is 0 Å². The summed E-state index contributed by atoms with van der Waals surface area (Å²) in [6, 6.07) is 5.51. The molecule has 0 aliphatic heterocycles. The summed E-state index contributed by atoms with van der Waals surface area (Å²) in [5.74, 6) is 0.364. The van der Waals surface area contributed by atoms with Gasteiger partial charge in [0.1, 0.15) is 17.8 Å². The van der Waals surface area contributed by atoms with Crippen LogP contribution in [0.15, 0.2) is 24.5 Å². The van der Waals surface area contributed by atoms with Gasteiger partial charge in [0.15, 0.2) is 5.65 Å². The van der Waals surface area contributed by atoms with Gasteiger partial charge >= 0.3 is 0 Å². The van der Waals surface area contributed by atoms with E-state index in [4.69, 9.17) is 34.0 Å². The van der Waals surface area contributed by atoms with Crippen molar-refractivity contribution in [3.63, 3.8) is 0 Å². The fourth-order valence-corrected chi connectivity index (χ4v) is 3.39. The zero-order valence-electron chi connectivity index (χ0n) is 13.9. The molecule has 0 aliphatic carbocycles. The van der Waals surface area contributed by atoms with Gasteiger partial charge in [0.25, 0.3) is 0 Å². The van der Waals surface area contributed by atoms with E-state index in [-0.39, 0.29) is 5.54 Å². The standard InChI is InChI=1S/C17H16Cl2N6/c1-17(2,3)25-16-11(15(20)21-7-22-16)13(24-25)14-12(19)9-5-4-8(18)6-10(9)23-14/h4-7,23H,1-3H3,(H2,20,21,22). The van der Waals surface area contributed by atoms with Crippen LogP contribution in [0.25, 0.3) is 33.3 Å². The van der Waals surface area contributed by atoms with Crippen LogP contribution < -0.4 is 5.73 Å². The van der Waals surface area contributed by atoms with E-state index >= 15 is 0 Å². The lowest BCUT2D eigenvalue weighted by Gasteiger charge is -2.19. The van der Waals surface area contributed by atoms with E-state index in [1.807, 2.05) is 37.6 Å². The highest BCUT2D eigenvalue weighted by atomic mass is 35.5. The van der Waals surface area contributed by atoms with Gasteiger partial charge in [0.2, 0.25) is 0 Å². The highest BCUT2D eigenvalue weighted by molar-refractivity contribution is 6.39. The Bertz CT molecular complexity index is 1120. The largest absolute Gasteiger partial charge is 0.383 e. The Balaban J connectivity index is 2.10. The second-order valence-corrected chi connectivity index (χ2v) is 7.71. The number of nitrogen functional groups attached to an aromatic ring is 1. The van der Waals surface area contributed by atoms with Gasteiger partial charge in [-0.05, 0) is 39.0 Å². The summed E-state index contributed by atoms with van der Waals surface area (Å²) in [5.41, 5.74) is 8.66. The highest BCUT2D eigenvalue weighted by Gasteiger charge is 2.26. The zero-order valence-corrected chi connectivity index (χ0v) is 15.4. The first-order valence-corrected chi connectivity index (χ1v) is 8.50. The average molecular weight is 375 g/mol. The number of nitrogens with zero attached hydrogens (tertiary/aromatic N) is 4. The number of nitrogens with one attached hydrogen (secondary N) is 1. The van der Waals surface area contributed by atoms with E-state index in [9.17, 15) is 0 Å². The van der Waals surface area contributed by atoms with Gasteiger partial charge in [-0.25, -0.2) is 14.6 Å². The van der Waals surface area contributed by atoms with Gasteiger partial charge in [0, 0.05) is 15.9 Å². The molecule has 25 heavy (non-hydrogen) atoms. The number of benzene rings is 1. The third-order valence-electron chi connectivity index (χ3n) is 4.06. The van der Waals surface area contributed by atoms with Crippen LogP contribution in [0.1, 0.15) is 20.8 Å². The third kappa shape index (κ3) is 2.44. The minimum Gasteiger partial charge on any atom is -0.383 e. The Morgan fingerprint density at radius 2 is 1.92 bits per heavy atom. The van der Waals surface area contributed by atoms with Crippen molar-refractivity contribution in [2.45, 2.75) is 26.3 Å². The number of rotatable bonds is 1. The summed E-state index contributed by atoms with van der Waals surface area (Å²) in [4.78, 5) is 11.8. The van der Waals surface area contributed by atoms with Crippen molar-refractivity contribution in [3.05, 3.63) is 34.6 Å². The predicted octanol–water partition coefficient (Wildman–Crippen LogP) is 4.62. The van der Waals surface area contributed by atoms with Crippen LogP contribution >= 0.6 is 23.2 Å². The van der Waals surface area contributed by atoms with Gasteiger partial charge in [-0.1, -0.05) is 23.2 Å². The molecule has 128 valence electrons. The summed E-state index contributed by atoms with van der Waals surface area (Å²) in [6.45, 7) is 6.15. The normalized spacial score (nSPS) is 12.4. The highest BCUT2D eigenvalue weighted by Crippen LogP contribution is 2.39. The fraction of sp³-hybridized carbons (Fsp3) is 0.235. The minimum atomic E-state index is -0.279. The van der Waals surface area contributed by atoms with Gasteiger partial charge in [0.05, 0.1) is 21.6 Å². The third-order valence-corrected chi connectivity index (χ3v) is 4.69. The first-order chi connectivity index (χ1) is 11.8. The molecule has 0 unspecified atom stereocenters. The van der Waals surface area contributed by atoms with Crippen molar-refractivity contribution in [1.82, 2.24) is 24.7 Å². The fourth-order valence-electron chi connectivity index (χ4n) is 2.92. The van der Waals surface area contributed by atoms with Crippen LogP contribution in [0.2, 0.25) is 10.0 Å². The summed E-state index contributed by atoms with van der Waals surface area (Å²) >= 11 is 12.7. The molecule has 4 rings (SSSR count). The summed E-state index contributed by atoms with van der Waals surface area (Å²) in [5, 5.41) is 7.50. The molecule has 0 saturated heterocycles. The Hall–Kier alpha value is -2.31. The van der Waals surface area contributed by atoms with Crippen molar-refractivity contribution in [3.8, 4) is 11.4 Å². The van der Waals surface area contributed by atoms with E-state index < -0.39 is 0 Å². The molecular formula is C17H16Cl2N6. The lowest BCUT2D eigenvalue weighted by atomic mass is 10.1. The number of fused-ring (bicyclic) bond motifs is 2. The maximum atomic E-state index is 6.62. The number of hydrogen-bond acceptors (Lipinski definition) is 4. The molecule has 1 aromatic carbocycles. The van der Waals surface area contributed by atoms with Crippen LogP contribution in [-0.4, -0.2) is 24.7 Å². The van der Waals surface area contributed by atoms with Crippen LogP contribution in [0.3, 0.4) is 0 Å². The molecular weight excluding hydrogens is 359 g/mol. The SMILES string of the molecule is CC(C)(C)n1nc(-c2[nH]c3cc(Cl)ccc3c2Cl)c2c(N)ncnc21. The molecule has 0 atom stereocenters. The topological polar surface area (TPSA) is 85.4 Å². The Morgan fingerprint density at radius 3 is 2.64 bits per heavy atom. The zero-order chi connectivity index (χ0) is 17.9. The Morgan fingerprint density at radius 1 is 1.16 bits per heavy atom. The molecule has 0 bridgehead atoms. The van der Waals surface area contributed by atoms with Crippen LogP contribution in [-0.2, 0) is 5.54 Å². The second-order valence-electron chi connectivity index (χ2n) is 6.89. The number of hydrogen-bond donors (Lipinski definition) is 2. The predicted molar refractivity (Wildman–Crippen MR) is 102 cm³/mol. The van der Waals surface area contributed by atoms with Crippen LogP contribution in [0.4, 0.5) is 5.82 Å². The first-order valence-electron chi connectivity index (χ1n) is 7.74. The van der Waals surface area contributed by atoms with Crippen molar-refractivity contribution in [2.75, 3.05) is 5.73 Å². The van der Waals surface area contributed by atoms with Gasteiger partial charge in [-0.15, -0.1) is 0 Å². The molecule has 6 nitrogen and oxygen atoms in total. The molecule has 3 aromatic heterocycles. The average Bonchev–Trinajstić information content (AvgIpc) is 3.06. The van der Waals surface area contributed by atoms with Gasteiger partial charge in [-0.3, -0.25) is 0 Å². The van der Waals surface area contributed by atoms with E-state index in [1.165, 1.54) is 6.33 Å². The maximum absolute atomic E-state index is 6.62. The molecule has 0 radical (unpaired) electrons. The first kappa shape index (κ1) is 16.2. The number of aromatic amines is 1. The molecule has 0 aliphatic rings. The van der Waals surface area contributed by atoms with Crippen LogP contribution in [0, 0.1) is 0 Å². The molecule has 0 saturated carbocycles. The Labute approximate surface area is 154 Å². The summed E-state index contributed by atoms with van der Waals surface area (Å²) in [6.07, 6.45) is 1.44. The number of nitrogens with two attached hydrogens (primary N) is 1. The maximum Gasteiger partial charge on any atom is 0.164 e. The molecule has 8 heteroatoms. The number of halogens is 2. The quantitative estimate of drug-likeness (QED) is 0.508. The van der Waals surface area contributed by atoms with E-state index in [2.05, 4.69) is 15.0 Å². The Kier molecular flexibility index (Phi) is 3.46. The van der Waals surface area contributed by atoms with E-state index in [0.717, 1.165) is 10.9 Å². The number of anilines is 1. The number of H-pyrrole nitrogens is 1. The van der Waals surface area contributed by atoms with Crippen molar-refractivity contribution in [2.24, 2.45) is 0 Å². The lowest BCUT2D eigenvalue weighted by molar-refractivity contribution is 0.366. The van der Waals surface area contributed by atoms with Crippen molar-refractivity contribution >= 4 is 51.0 Å². The molecule has 3 N–H and O–H groups in total. The molecule has 0 amide bonds. The smallest absolute Gasteiger partial charge is 0.164 e. The summed E-state index contributed by atoms with van der Waals surface area (Å²) < 4.78 is 1.84. The van der Waals surface area contributed by atoms with Gasteiger partial charge in [-0.2, -0.15) is 5.10 Å². The minimum absolute atomic E-state index is 0.279. The van der Waals surface area contributed by atoms with Crippen molar-refractivity contribution < 1.29 is 0 Å². The number of aromatic nitrogens is 5. The molecule has 4 aromatic rings. The van der Waals surface area contributed by atoms with Crippen LogP contribution in [0.5, 0.6) is 0 Å². The van der Waals surface area contributed by atoms with Gasteiger partial charge < -0.3 is 10.7 Å². The molecule has 0 fully saturated rings. The second kappa shape index (κ2) is 5.34. The van der Waals surface area contributed by atoms with E-state index in [1.54, 1.807) is 6.07 Å². The lowest BCUT2D eigenvalue weighted by Crippen LogP contribution is -2.23. The van der Waals surface area contributed by atoms with E-state index in [0.29, 0.717) is 38.3 Å².